The summed E-state index contributed by atoms with van der Waals surface area (Å²) in [6.45, 7) is 3.80. The van der Waals surface area contributed by atoms with Gasteiger partial charge in [-0.2, -0.15) is 0 Å². The molecule has 0 radical (unpaired) electrons. The molecule has 0 saturated carbocycles. The molecule has 0 fully saturated rings. The Morgan fingerprint density at radius 1 is 1.69 bits per heavy atom. The quantitative estimate of drug-likeness (QED) is 0.704. The molecule has 1 aromatic rings. The number of carbonyl (C=O) groups is 1. The predicted octanol–water partition coefficient (Wildman–Crippen LogP) is 0.545. The fourth-order valence-corrected chi connectivity index (χ4v) is 1.89. The summed E-state index contributed by atoms with van der Waals surface area (Å²) in [5.74, 6) is -0.108. The van der Waals surface area contributed by atoms with Gasteiger partial charge in [0.25, 0.3) is 0 Å². The van der Waals surface area contributed by atoms with Gasteiger partial charge in [-0.15, -0.1) is 11.3 Å². The van der Waals surface area contributed by atoms with Crippen LogP contribution in [0.15, 0.2) is 5.38 Å². The van der Waals surface area contributed by atoms with Crippen molar-refractivity contribution < 1.29 is 9.90 Å². The number of thiazole rings is 1. The second-order valence-electron chi connectivity index (χ2n) is 4.26. The van der Waals surface area contributed by atoms with Crippen LogP contribution in [0.5, 0.6) is 0 Å². The van der Waals surface area contributed by atoms with Crippen LogP contribution in [0, 0.1) is 0 Å². The number of aliphatic hydroxyl groups excluding tert-OH is 1. The molecule has 0 aliphatic rings. The lowest BCUT2D eigenvalue weighted by molar-refractivity contribution is -0.122. The van der Waals surface area contributed by atoms with E-state index in [4.69, 9.17) is 10.8 Å². The number of nitrogens with one attached hydrogen (secondary N) is 1. The van der Waals surface area contributed by atoms with E-state index in [0.717, 1.165) is 0 Å². The molecule has 5 nitrogen and oxygen atoms in total. The third-order valence-corrected chi connectivity index (χ3v) is 2.85. The van der Waals surface area contributed by atoms with Gasteiger partial charge in [0.15, 0.2) is 5.13 Å². The molecule has 0 aromatic carbocycles. The first-order valence-corrected chi connectivity index (χ1v) is 5.93. The maximum absolute atomic E-state index is 11.6. The monoisotopic (exact) mass is 243 g/mol. The van der Waals surface area contributed by atoms with E-state index in [1.165, 1.54) is 11.3 Å². The Balaban J connectivity index is 2.47. The van der Waals surface area contributed by atoms with E-state index in [1.54, 1.807) is 5.38 Å². The highest BCUT2D eigenvalue weighted by Gasteiger charge is 2.20. The van der Waals surface area contributed by atoms with E-state index in [2.05, 4.69) is 10.3 Å². The van der Waals surface area contributed by atoms with Crippen LogP contribution in [0.2, 0.25) is 0 Å². The van der Waals surface area contributed by atoms with Crippen molar-refractivity contribution in [2.24, 2.45) is 0 Å². The minimum absolute atomic E-state index is 0.0525. The standard InChI is InChI=1S/C10H17N3O2S/c1-10(2,3-4-14)13-8(15)5-7-6-16-9(11)12-7/h6,14H,3-5H2,1-2H3,(H2,11,12)(H,13,15). The number of nitrogens with two attached hydrogens (primary N) is 1. The Bertz CT molecular complexity index is 363. The number of aliphatic hydroxyl groups is 1. The summed E-state index contributed by atoms with van der Waals surface area (Å²) < 4.78 is 0. The lowest BCUT2D eigenvalue weighted by Crippen LogP contribution is -2.44. The van der Waals surface area contributed by atoms with Crippen molar-refractivity contribution in [1.82, 2.24) is 10.3 Å². The molecule has 90 valence electrons. The smallest absolute Gasteiger partial charge is 0.226 e. The van der Waals surface area contributed by atoms with E-state index < -0.39 is 5.54 Å². The second-order valence-corrected chi connectivity index (χ2v) is 5.15. The number of amides is 1. The zero-order chi connectivity index (χ0) is 12.2. The number of carbonyl (C=O) groups excluding carboxylic acids is 1. The molecule has 1 amide bonds. The van der Waals surface area contributed by atoms with Gasteiger partial charge in [-0.1, -0.05) is 0 Å². The molecule has 0 unspecified atom stereocenters. The Morgan fingerprint density at radius 2 is 2.38 bits per heavy atom. The Kier molecular flexibility index (Phi) is 4.26. The molecule has 1 rings (SSSR count). The van der Waals surface area contributed by atoms with Crippen LogP contribution in [-0.4, -0.2) is 28.1 Å². The van der Waals surface area contributed by atoms with Crippen LogP contribution in [0.3, 0.4) is 0 Å². The molecule has 4 N–H and O–H groups in total. The SMILES string of the molecule is CC(C)(CCO)NC(=O)Cc1csc(N)n1. The minimum Gasteiger partial charge on any atom is -0.396 e. The van der Waals surface area contributed by atoms with Gasteiger partial charge in [0.2, 0.25) is 5.91 Å². The van der Waals surface area contributed by atoms with E-state index >= 15 is 0 Å². The second kappa shape index (κ2) is 5.27. The molecule has 0 saturated heterocycles. The summed E-state index contributed by atoms with van der Waals surface area (Å²) >= 11 is 1.32. The number of rotatable bonds is 5. The first-order chi connectivity index (χ1) is 7.43. The molecular formula is C10H17N3O2S. The number of nitrogens with zero attached hydrogens (tertiary/aromatic N) is 1. The van der Waals surface area contributed by atoms with Crippen LogP contribution >= 0.6 is 11.3 Å². The third-order valence-electron chi connectivity index (χ3n) is 2.13. The number of hydrogen-bond donors (Lipinski definition) is 3. The predicted molar refractivity (Wildman–Crippen MR) is 64.2 cm³/mol. The van der Waals surface area contributed by atoms with E-state index in [-0.39, 0.29) is 18.9 Å². The molecule has 0 aliphatic carbocycles. The third kappa shape index (κ3) is 4.16. The summed E-state index contributed by atoms with van der Waals surface area (Å²) in [6.07, 6.45) is 0.750. The van der Waals surface area contributed by atoms with Gasteiger partial charge < -0.3 is 16.2 Å². The van der Waals surface area contributed by atoms with E-state index in [9.17, 15) is 4.79 Å². The van der Waals surface area contributed by atoms with Crippen LogP contribution in [0.25, 0.3) is 0 Å². The van der Waals surface area contributed by atoms with Crippen molar-refractivity contribution in [3.8, 4) is 0 Å². The van der Waals surface area contributed by atoms with Crippen molar-refractivity contribution in [3.63, 3.8) is 0 Å². The minimum atomic E-state index is -0.395. The largest absolute Gasteiger partial charge is 0.396 e. The molecule has 1 heterocycles. The Morgan fingerprint density at radius 3 is 2.88 bits per heavy atom. The van der Waals surface area contributed by atoms with Crippen LogP contribution in [0.1, 0.15) is 26.0 Å². The summed E-state index contributed by atoms with van der Waals surface area (Å²) in [5.41, 5.74) is 5.76. The van der Waals surface area contributed by atoms with Gasteiger partial charge in [-0.05, 0) is 20.3 Å². The summed E-state index contributed by atoms with van der Waals surface area (Å²) in [6, 6.07) is 0. The van der Waals surface area contributed by atoms with Crippen molar-refractivity contribution in [3.05, 3.63) is 11.1 Å². The van der Waals surface area contributed by atoms with Crippen molar-refractivity contribution >= 4 is 22.4 Å². The summed E-state index contributed by atoms with van der Waals surface area (Å²) in [4.78, 5) is 15.7. The van der Waals surface area contributed by atoms with Crippen molar-refractivity contribution in [2.75, 3.05) is 12.3 Å². The van der Waals surface area contributed by atoms with Crippen LogP contribution < -0.4 is 11.1 Å². The molecule has 0 aliphatic heterocycles. The lowest BCUT2D eigenvalue weighted by Gasteiger charge is -2.25. The highest BCUT2D eigenvalue weighted by Crippen LogP contribution is 2.12. The highest BCUT2D eigenvalue weighted by molar-refractivity contribution is 7.13. The molecule has 16 heavy (non-hydrogen) atoms. The highest BCUT2D eigenvalue weighted by atomic mass is 32.1. The molecule has 0 atom stereocenters. The van der Waals surface area contributed by atoms with Gasteiger partial charge in [0.05, 0.1) is 12.1 Å². The molecule has 0 spiro atoms. The molecule has 0 bridgehead atoms. The average Bonchev–Trinajstić information content (AvgIpc) is 2.49. The summed E-state index contributed by atoms with van der Waals surface area (Å²) in [5, 5.41) is 13.9. The lowest BCUT2D eigenvalue weighted by atomic mass is 10.0. The van der Waals surface area contributed by atoms with Gasteiger partial charge >= 0.3 is 0 Å². The van der Waals surface area contributed by atoms with Gasteiger partial charge in [0.1, 0.15) is 0 Å². The number of anilines is 1. The zero-order valence-electron chi connectivity index (χ0n) is 9.49. The molecule has 6 heteroatoms. The van der Waals surface area contributed by atoms with Gasteiger partial charge in [0, 0.05) is 17.5 Å². The fourth-order valence-electron chi connectivity index (χ4n) is 1.33. The first-order valence-electron chi connectivity index (χ1n) is 5.05. The van der Waals surface area contributed by atoms with Gasteiger partial charge in [-0.25, -0.2) is 4.98 Å². The van der Waals surface area contributed by atoms with Crippen LogP contribution in [0.4, 0.5) is 5.13 Å². The normalized spacial score (nSPS) is 11.4. The van der Waals surface area contributed by atoms with Crippen molar-refractivity contribution in [2.45, 2.75) is 32.2 Å². The fraction of sp³-hybridized carbons (Fsp3) is 0.600. The number of nitrogen functional groups attached to an aromatic ring is 1. The van der Waals surface area contributed by atoms with Crippen LogP contribution in [-0.2, 0) is 11.2 Å². The van der Waals surface area contributed by atoms with Gasteiger partial charge in [-0.3, -0.25) is 4.79 Å². The topological polar surface area (TPSA) is 88.2 Å². The Hall–Kier alpha value is -1.14. The Labute approximate surface area is 98.7 Å². The zero-order valence-corrected chi connectivity index (χ0v) is 10.3. The molecular weight excluding hydrogens is 226 g/mol. The summed E-state index contributed by atoms with van der Waals surface area (Å²) in [7, 11) is 0. The van der Waals surface area contributed by atoms with Crippen molar-refractivity contribution in [1.29, 1.82) is 0 Å². The maximum Gasteiger partial charge on any atom is 0.226 e. The average molecular weight is 243 g/mol. The maximum atomic E-state index is 11.6. The number of hydrogen-bond acceptors (Lipinski definition) is 5. The van der Waals surface area contributed by atoms with E-state index in [0.29, 0.717) is 17.2 Å². The molecule has 1 aromatic heterocycles. The first kappa shape index (κ1) is 12.9. The van der Waals surface area contributed by atoms with E-state index in [1.807, 2.05) is 13.8 Å². The number of aromatic nitrogens is 1.